The highest BCUT2D eigenvalue weighted by Crippen LogP contribution is 2.51. The van der Waals surface area contributed by atoms with Crippen LogP contribution in [0.5, 0.6) is 0 Å². The molecule has 0 saturated carbocycles. The van der Waals surface area contributed by atoms with Crippen LogP contribution in [0.1, 0.15) is 0 Å². The van der Waals surface area contributed by atoms with Crippen molar-refractivity contribution in [1.29, 1.82) is 0 Å². The van der Waals surface area contributed by atoms with Crippen molar-refractivity contribution >= 4 is 101 Å². The first-order valence-electron chi connectivity index (χ1n) is 26.4. The SMILES string of the molecule is c1ccc(-c2ccc3c(c2)B2c4cc(-c5ccccc5)ccc4N(c4cccc5oc6ccc(-c7ccccc7)cc6c45)c4cc(-c5ccccc5)cc(c42)N3c2cccc3oc4ccc(-c5ccccc5)cc4c23)cc1. The summed E-state index contributed by atoms with van der Waals surface area (Å²) in [5.41, 5.74) is 25.2. The highest BCUT2D eigenvalue weighted by atomic mass is 16.3. The van der Waals surface area contributed by atoms with E-state index in [4.69, 9.17) is 8.83 Å². The van der Waals surface area contributed by atoms with E-state index in [1.807, 2.05) is 0 Å². The Morgan fingerprint density at radius 3 is 0.974 bits per heavy atom. The van der Waals surface area contributed by atoms with Gasteiger partial charge in [0.05, 0.1) is 22.1 Å². The number of furan rings is 2. The lowest BCUT2D eigenvalue weighted by Gasteiger charge is -2.45. The Balaban J connectivity index is 1.04. The van der Waals surface area contributed by atoms with Crippen LogP contribution in [0.15, 0.2) is 282 Å². The first kappa shape index (κ1) is 43.3. The molecule has 2 aliphatic heterocycles. The third-order valence-electron chi connectivity index (χ3n) is 16.0. The molecule has 0 atom stereocenters. The van der Waals surface area contributed by atoms with E-state index in [9.17, 15) is 0 Å². The molecule has 0 fully saturated rings. The number of benzene rings is 12. The largest absolute Gasteiger partial charge is 0.456 e. The lowest BCUT2D eigenvalue weighted by atomic mass is 9.33. The zero-order valence-corrected chi connectivity index (χ0v) is 41.8. The monoisotopic (exact) mass is 980 g/mol. The number of fused-ring (bicyclic) bond motifs is 10. The lowest BCUT2D eigenvalue weighted by molar-refractivity contribution is 0.668. The van der Waals surface area contributed by atoms with E-state index in [1.165, 1.54) is 38.6 Å². The molecule has 77 heavy (non-hydrogen) atoms. The van der Waals surface area contributed by atoms with Gasteiger partial charge in [0, 0.05) is 33.5 Å². The van der Waals surface area contributed by atoms with Crippen molar-refractivity contribution < 1.29 is 8.83 Å². The fourth-order valence-corrected chi connectivity index (χ4v) is 12.6. The number of rotatable bonds is 7. The summed E-state index contributed by atoms with van der Waals surface area (Å²) in [4.78, 5) is 5.09. The zero-order chi connectivity index (χ0) is 50.6. The van der Waals surface area contributed by atoms with Crippen LogP contribution in [0.4, 0.5) is 34.1 Å². The van der Waals surface area contributed by atoms with Gasteiger partial charge in [-0.2, -0.15) is 0 Å². The minimum atomic E-state index is -0.162. The van der Waals surface area contributed by atoms with E-state index >= 15 is 0 Å². The molecular formula is C72H45BN2O2. The smallest absolute Gasteiger partial charge is 0.252 e. The van der Waals surface area contributed by atoms with Crippen LogP contribution < -0.4 is 26.2 Å². The molecule has 16 rings (SSSR count). The predicted octanol–water partition coefficient (Wildman–Crippen LogP) is 17.9. The van der Waals surface area contributed by atoms with Crippen molar-refractivity contribution in [3.8, 4) is 55.6 Å². The second kappa shape index (κ2) is 17.2. The first-order chi connectivity index (χ1) is 38.2. The standard InChI is InChI=1S/C72H45BN2O2/c1-6-18-46(19-7-1)51-34-38-66-56(40-51)70-62(28-16-30-68(70)76-66)74-60-36-32-53(48-22-10-3-11-23-48)42-58(60)73-59-43-54(49-24-12-4-13-25-49)33-37-61(59)75(65-45-55(44-64(74)72(65)73)50-26-14-5-15-27-50)63-29-17-31-69-71(63)57-41-52(35-39-67(57)77-69)47-20-8-2-9-21-47/h1-45H. The van der Waals surface area contributed by atoms with Crippen LogP contribution >= 0.6 is 0 Å². The van der Waals surface area contributed by atoms with Gasteiger partial charge < -0.3 is 18.6 Å². The van der Waals surface area contributed by atoms with Gasteiger partial charge in [-0.05, 0) is 145 Å². The molecule has 358 valence electrons. The van der Waals surface area contributed by atoms with Gasteiger partial charge in [0.1, 0.15) is 22.3 Å². The fraction of sp³-hybridized carbons (Fsp3) is 0. The molecule has 12 aromatic carbocycles. The maximum absolute atomic E-state index is 6.84. The second-order valence-electron chi connectivity index (χ2n) is 20.3. The minimum absolute atomic E-state index is 0.162. The third kappa shape index (κ3) is 6.87. The highest BCUT2D eigenvalue weighted by molar-refractivity contribution is 7.00. The Morgan fingerprint density at radius 1 is 0.234 bits per heavy atom. The quantitative estimate of drug-likeness (QED) is 0.149. The van der Waals surface area contributed by atoms with Crippen molar-refractivity contribution in [1.82, 2.24) is 0 Å². The summed E-state index contributed by atoms with van der Waals surface area (Å²) in [5.74, 6) is 0. The van der Waals surface area contributed by atoms with Gasteiger partial charge in [0.2, 0.25) is 0 Å². The lowest BCUT2D eigenvalue weighted by Crippen LogP contribution is -2.61. The van der Waals surface area contributed by atoms with Crippen LogP contribution in [0.25, 0.3) is 99.5 Å². The number of hydrogen-bond acceptors (Lipinski definition) is 4. The van der Waals surface area contributed by atoms with Crippen molar-refractivity contribution in [2.24, 2.45) is 0 Å². The van der Waals surface area contributed by atoms with Gasteiger partial charge in [-0.3, -0.25) is 0 Å². The fourth-order valence-electron chi connectivity index (χ4n) is 12.6. The number of nitrogens with zero attached hydrogens (tertiary/aromatic N) is 2. The number of hydrogen-bond donors (Lipinski definition) is 0. The highest BCUT2D eigenvalue weighted by Gasteiger charge is 2.45. The average molecular weight is 981 g/mol. The van der Waals surface area contributed by atoms with Crippen molar-refractivity contribution in [2.45, 2.75) is 0 Å². The molecule has 0 saturated heterocycles. The molecular weight excluding hydrogens is 936 g/mol. The summed E-state index contributed by atoms with van der Waals surface area (Å²) in [6.07, 6.45) is 0. The average Bonchev–Trinajstić information content (AvgIpc) is 4.18. The molecule has 4 heterocycles. The van der Waals surface area contributed by atoms with E-state index in [1.54, 1.807) is 0 Å². The zero-order valence-electron chi connectivity index (χ0n) is 41.8. The van der Waals surface area contributed by atoms with Crippen LogP contribution in [0.3, 0.4) is 0 Å². The van der Waals surface area contributed by atoms with Gasteiger partial charge in [0.15, 0.2) is 0 Å². The molecule has 5 heteroatoms. The summed E-state index contributed by atoms with van der Waals surface area (Å²) >= 11 is 0. The van der Waals surface area contributed by atoms with Gasteiger partial charge >= 0.3 is 0 Å². The number of anilines is 6. The molecule has 2 aliphatic rings. The Morgan fingerprint density at radius 2 is 0.584 bits per heavy atom. The van der Waals surface area contributed by atoms with Crippen LogP contribution in [-0.2, 0) is 0 Å². The summed E-state index contributed by atoms with van der Waals surface area (Å²) < 4.78 is 13.7. The van der Waals surface area contributed by atoms with E-state index in [2.05, 4.69) is 283 Å². The molecule has 0 amide bonds. The van der Waals surface area contributed by atoms with E-state index < -0.39 is 0 Å². The maximum atomic E-state index is 6.84. The first-order valence-corrected chi connectivity index (χ1v) is 26.4. The predicted molar refractivity (Wildman–Crippen MR) is 322 cm³/mol. The van der Waals surface area contributed by atoms with Crippen molar-refractivity contribution in [3.05, 3.63) is 273 Å². The van der Waals surface area contributed by atoms with E-state index in [0.29, 0.717) is 0 Å². The Hall–Kier alpha value is -10.1. The summed E-state index contributed by atoms with van der Waals surface area (Å²) in [5, 5.41) is 4.28. The molecule has 0 unspecified atom stereocenters. The third-order valence-corrected chi connectivity index (χ3v) is 16.0. The normalized spacial score (nSPS) is 12.6. The van der Waals surface area contributed by atoms with Crippen LogP contribution in [0.2, 0.25) is 0 Å². The Kier molecular flexibility index (Phi) is 9.70. The van der Waals surface area contributed by atoms with Gasteiger partial charge in [-0.1, -0.05) is 200 Å². The summed E-state index contributed by atoms with van der Waals surface area (Å²) in [6.45, 7) is -0.162. The Labute approximate surface area is 446 Å². The topological polar surface area (TPSA) is 32.8 Å². The van der Waals surface area contributed by atoms with Gasteiger partial charge in [-0.15, -0.1) is 0 Å². The van der Waals surface area contributed by atoms with E-state index in [-0.39, 0.29) is 6.71 Å². The molecule has 0 N–H and O–H groups in total. The molecule has 2 aromatic heterocycles. The van der Waals surface area contributed by atoms with Gasteiger partial charge in [0.25, 0.3) is 6.71 Å². The van der Waals surface area contributed by atoms with Crippen molar-refractivity contribution in [2.75, 3.05) is 9.80 Å². The molecule has 14 aromatic rings. The van der Waals surface area contributed by atoms with Gasteiger partial charge in [-0.25, -0.2) is 0 Å². The van der Waals surface area contributed by atoms with E-state index in [0.717, 1.165) is 111 Å². The summed E-state index contributed by atoms with van der Waals surface area (Å²) in [6, 6.07) is 99.2. The van der Waals surface area contributed by atoms with Crippen LogP contribution in [0, 0.1) is 0 Å². The molecule has 0 spiro atoms. The molecule has 0 radical (unpaired) electrons. The summed E-state index contributed by atoms with van der Waals surface area (Å²) in [7, 11) is 0. The maximum Gasteiger partial charge on any atom is 0.252 e. The molecule has 4 nitrogen and oxygen atoms in total. The minimum Gasteiger partial charge on any atom is -0.456 e. The van der Waals surface area contributed by atoms with Crippen molar-refractivity contribution in [3.63, 3.8) is 0 Å². The Bertz CT molecular complexity index is 4350. The molecule has 0 bridgehead atoms. The molecule has 0 aliphatic carbocycles. The van der Waals surface area contributed by atoms with Crippen LogP contribution in [-0.4, -0.2) is 6.71 Å². The second-order valence-corrected chi connectivity index (χ2v) is 20.3.